The first-order valence-corrected chi connectivity index (χ1v) is 7.85. The van der Waals surface area contributed by atoms with Crippen LogP contribution in [0.4, 0.5) is 10.1 Å². The molecule has 1 N–H and O–H groups in total. The van der Waals surface area contributed by atoms with Crippen molar-refractivity contribution in [3.8, 4) is 11.3 Å². The van der Waals surface area contributed by atoms with Crippen molar-refractivity contribution in [1.82, 2.24) is 0 Å². The fourth-order valence-corrected chi connectivity index (χ4v) is 3.18. The monoisotopic (exact) mass is 313 g/mol. The number of halogens is 1. The van der Waals surface area contributed by atoms with Crippen molar-refractivity contribution in [3.05, 3.63) is 53.3 Å². The van der Waals surface area contributed by atoms with Gasteiger partial charge in [-0.15, -0.1) is 0 Å². The summed E-state index contributed by atoms with van der Waals surface area (Å²) in [6.07, 6.45) is 2.46. The molecule has 4 heteroatoms. The van der Waals surface area contributed by atoms with Gasteiger partial charge in [0, 0.05) is 22.6 Å². The third-order valence-electron chi connectivity index (χ3n) is 4.35. The second-order valence-corrected chi connectivity index (χ2v) is 6.11. The number of thiol groups is 1. The van der Waals surface area contributed by atoms with Gasteiger partial charge in [-0.2, -0.15) is 0 Å². The normalized spacial score (nSPS) is 14.5. The number of hydrogen-bond donors (Lipinski definition) is 2. The molecular weight excluding hydrogens is 297 g/mol. The Morgan fingerprint density at radius 2 is 1.91 bits per heavy atom. The largest absolute Gasteiger partial charge is 0.456 e. The van der Waals surface area contributed by atoms with Gasteiger partial charge in [0.2, 0.25) is 0 Å². The van der Waals surface area contributed by atoms with E-state index in [0.717, 1.165) is 33.5 Å². The SMILES string of the molecule is Cc1c(-c2ccc(F)cc2)oc2cc(NS)c(C3CC3)cc12. The van der Waals surface area contributed by atoms with E-state index in [2.05, 4.69) is 30.5 Å². The van der Waals surface area contributed by atoms with Crippen LogP contribution in [0.5, 0.6) is 0 Å². The van der Waals surface area contributed by atoms with Crippen LogP contribution in [0.2, 0.25) is 0 Å². The number of hydrogen-bond acceptors (Lipinski definition) is 3. The van der Waals surface area contributed by atoms with Crippen molar-refractivity contribution in [3.63, 3.8) is 0 Å². The third-order valence-corrected chi connectivity index (χ3v) is 4.59. The Morgan fingerprint density at radius 3 is 2.55 bits per heavy atom. The van der Waals surface area contributed by atoms with Crippen LogP contribution in [0.3, 0.4) is 0 Å². The zero-order valence-corrected chi connectivity index (χ0v) is 13.1. The van der Waals surface area contributed by atoms with Gasteiger partial charge in [-0.05, 0) is 61.6 Å². The van der Waals surface area contributed by atoms with Crippen LogP contribution in [0.25, 0.3) is 22.3 Å². The maximum Gasteiger partial charge on any atom is 0.138 e. The van der Waals surface area contributed by atoms with E-state index in [0.29, 0.717) is 5.92 Å². The summed E-state index contributed by atoms with van der Waals surface area (Å²) < 4.78 is 22.1. The lowest BCUT2D eigenvalue weighted by molar-refractivity contribution is 0.622. The lowest BCUT2D eigenvalue weighted by Crippen LogP contribution is -1.89. The summed E-state index contributed by atoms with van der Waals surface area (Å²) in [7, 11) is 0. The standard InChI is InChI=1S/C18H16FNOS/c1-10-14-8-15(11-2-3-11)16(20-22)9-17(14)21-18(10)12-4-6-13(19)7-5-12/h4-9,11,20,22H,2-3H2,1H3. The number of fused-ring (bicyclic) bond motifs is 1. The third kappa shape index (κ3) is 2.18. The Labute approximate surface area is 133 Å². The van der Waals surface area contributed by atoms with Crippen molar-refractivity contribution in [1.29, 1.82) is 0 Å². The summed E-state index contributed by atoms with van der Waals surface area (Å²) in [5, 5.41) is 1.12. The highest BCUT2D eigenvalue weighted by Gasteiger charge is 2.27. The van der Waals surface area contributed by atoms with E-state index in [-0.39, 0.29) is 5.82 Å². The van der Waals surface area contributed by atoms with Gasteiger partial charge in [0.05, 0.1) is 5.69 Å². The fraction of sp³-hybridized carbons (Fsp3) is 0.222. The van der Waals surface area contributed by atoms with Gasteiger partial charge >= 0.3 is 0 Å². The van der Waals surface area contributed by atoms with Crippen LogP contribution in [0, 0.1) is 12.7 Å². The summed E-state index contributed by atoms with van der Waals surface area (Å²) >= 11 is 4.21. The first-order chi connectivity index (χ1) is 10.7. The van der Waals surface area contributed by atoms with Crippen molar-refractivity contribution in [2.75, 3.05) is 4.72 Å². The zero-order chi connectivity index (χ0) is 15.3. The molecule has 112 valence electrons. The summed E-state index contributed by atoms with van der Waals surface area (Å²) in [5.74, 6) is 1.19. The molecule has 3 aromatic rings. The molecule has 1 aliphatic rings. The van der Waals surface area contributed by atoms with Gasteiger partial charge in [0.1, 0.15) is 17.2 Å². The minimum absolute atomic E-state index is 0.241. The Balaban J connectivity index is 1.90. The number of aryl methyl sites for hydroxylation is 1. The van der Waals surface area contributed by atoms with Crippen LogP contribution in [-0.2, 0) is 0 Å². The van der Waals surface area contributed by atoms with E-state index in [1.54, 1.807) is 12.1 Å². The molecule has 2 aromatic carbocycles. The smallest absolute Gasteiger partial charge is 0.138 e. The molecule has 22 heavy (non-hydrogen) atoms. The van der Waals surface area contributed by atoms with Gasteiger partial charge in [0.15, 0.2) is 0 Å². The van der Waals surface area contributed by atoms with Crippen LogP contribution >= 0.6 is 12.8 Å². The van der Waals surface area contributed by atoms with Crippen molar-refractivity contribution < 1.29 is 8.81 Å². The van der Waals surface area contributed by atoms with Crippen LogP contribution in [0.15, 0.2) is 40.8 Å². The minimum atomic E-state index is -0.241. The summed E-state index contributed by atoms with van der Waals surface area (Å²) in [4.78, 5) is 0. The Bertz CT molecular complexity index is 850. The van der Waals surface area contributed by atoms with E-state index in [9.17, 15) is 4.39 Å². The quantitative estimate of drug-likeness (QED) is 0.608. The van der Waals surface area contributed by atoms with Gasteiger partial charge in [-0.25, -0.2) is 4.39 Å². The number of nitrogens with one attached hydrogen (secondary N) is 1. The summed E-state index contributed by atoms with van der Waals surface area (Å²) in [6, 6.07) is 10.6. The van der Waals surface area contributed by atoms with Crippen LogP contribution < -0.4 is 4.72 Å². The molecule has 1 aliphatic carbocycles. The molecule has 0 aliphatic heterocycles. The lowest BCUT2D eigenvalue weighted by atomic mass is 10.0. The van der Waals surface area contributed by atoms with Crippen LogP contribution in [0.1, 0.15) is 29.9 Å². The van der Waals surface area contributed by atoms with Gasteiger partial charge < -0.3 is 9.14 Å². The number of benzene rings is 2. The Kier molecular flexibility index (Phi) is 3.15. The molecule has 0 radical (unpaired) electrons. The maximum atomic E-state index is 13.1. The number of anilines is 1. The number of rotatable bonds is 3. The Hall–Kier alpha value is -1.94. The lowest BCUT2D eigenvalue weighted by Gasteiger charge is -2.07. The molecule has 1 heterocycles. The maximum absolute atomic E-state index is 13.1. The molecular formula is C18H16FNOS. The first kappa shape index (κ1) is 13.7. The highest BCUT2D eigenvalue weighted by atomic mass is 32.1. The van der Waals surface area contributed by atoms with Crippen molar-refractivity contribution in [2.45, 2.75) is 25.7 Å². The predicted molar refractivity (Wildman–Crippen MR) is 90.9 cm³/mol. The number of furan rings is 1. The molecule has 0 amide bonds. The molecule has 0 atom stereocenters. The first-order valence-electron chi connectivity index (χ1n) is 7.40. The molecule has 0 saturated heterocycles. The summed E-state index contributed by atoms with van der Waals surface area (Å²) in [5.41, 5.74) is 5.13. The molecule has 1 aromatic heterocycles. The Morgan fingerprint density at radius 1 is 1.18 bits per heavy atom. The molecule has 1 fully saturated rings. The van der Waals surface area contributed by atoms with Crippen molar-refractivity contribution >= 4 is 29.5 Å². The molecule has 0 bridgehead atoms. The molecule has 0 spiro atoms. The highest BCUT2D eigenvalue weighted by molar-refractivity contribution is 7.81. The zero-order valence-electron chi connectivity index (χ0n) is 12.2. The van der Waals surface area contributed by atoms with E-state index < -0.39 is 0 Å². The molecule has 1 saturated carbocycles. The van der Waals surface area contributed by atoms with E-state index in [4.69, 9.17) is 4.42 Å². The van der Waals surface area contributed by atoms with E-state index in [1.807, 2.05) is 6.07 Å². The second-order valence-electron chi connectivity index (χ2n) is 5.88. The average molecular weight is 313 g/mol. The topological polar surface area (TPSA) is 25.2 Å². The van der Waals surface area contributed by atoms with E-state index in [1.165, 1.54) is 30.5 Å². The summed E-state index contributed by atoms with van der Waals surface area (Å²) in [6.45, 7) is 2.05. The molecule has 2 nitrogen and oxygen atoms in total. The van der Waals surface area contributed by atoms with E-state index >= 15 is 0 Å². The molecule has 0 unspecified atom stereocenters. The predicted octanol–water partition coefficient (Wildman–Crippen LogP) is 5.68. The fourth-order valence-electron chi connectivity index (χ4n) is 2.99. The van der Waals surface area contributed by atoms with Gasteiger partial charge in [-0.3, -0.25) is 0 Å². The van der Waals surface area contributed by atoms with Gasteiger partial charge in [0.25, 0.3) is 0 Å². The van der Waals surface area contributed by atoms with Crippen LogP contribution in [-0.4, -0.2) is 0 Å². The minimum Gasteiger partial charge on any atom is -0.456 e. The molecule has 4 rings (SSSR count). The van der Waals surface area contributed by atoms with Gasteiger partial charge in [-0.1, -0.05) is 12.8 Å². The second kappa shape index (κ2) is 5.06. The van der Waals surface area contributed by atoms with Crippen molar-refractivity contribution in [2.24, 2.45) is 0 Å². The highest BCUT2D eigenvalue weighted by Crippen LogP contribution is 2.46. The average Bonchev–Trinajstić information content (AvgIpc) is 3.32.